The molecule has 13 heavy (non-hydrogen) atoms. The van der Waals surface area contributed by atoms with E-state index >= 15 is 0 Å². The van der Waals surface area contributed by atoms with Gasteiger partial charge in [-0.3, -0.25) is 4.68 Å². The van der Waals surface area contributed by atoms with Crippen LogP contribution >= 0.6 is 0 Å². The topological polar surface area (TPSA) is 43.8 Å². The summed E-state index contributed by atoms with van der Waals surface area (Å²) in [5.74, 6) is 0. The second-order valence-corrected chi connectivity index (χ2v) is 3.59. The van der Waals surface area contributed by atoms with Crippen LogP contribution in [0.4, 0.5) is 0 Å². The molecule has 0 saturated heterocycles. The maximum atomic E-state index is 5.95. The molecular formula is C10H19N3. The molecule has 0 spiro atoms. The fourth-order valence-electron chi connectivity index (χ4n) is 1.41. The molecule has 0 aromatic carbocycles. The summed E-state index contributed by atoms with van der Waals surface area (Å²) >= 11 is 0. The molecule has 0 saturated carbocycles. The number of hydrogen-bond acceptors (Lipinski definition) is 2. The molecule has 0 radical (unpaired) electrons. The molecule has 2 N–H and O–H groups in total. The molecule has 1 aromatic rings. The molecule has 0 aliphatic rings. The maximum absolute atomic E-state index is 5.95. The van der Waals surface area contributed by atoms with Gasteiger partial charge in [-0.25, -0.2) is 0 Å². The monoisotopic (exact) mass is 181 g/mol. The summed E-state index contributed by atoms with van der Waals surface area (Å²) in [6.45, 7) is 2.19. The standard InChI is InChI=1S/C10H19N3/c1-3-4-5-9(11)8-10-6-7-13(2)12-10/h6-7,9H,3-5,8,11H2,1-2H3. The number of unbranched alkanes of at least 4 members (excludes halogenated alkanes) is 1. The Balaban J connectivity index is 2.31. The summed E-state index contributed by atoms with van der Waals surface area (Å²) in [5, 5.41) is 4.30. The fraction of sp³-hybridized carbons (Fsp3) is 0.700. The van der Waals surface area contributed by atoms with Gasteiger partial charge in [0.25, 0.3) is 0 Å². The molecule has 3 heteroatoms. The van der Waals surface area contributed by atoms with Crippen molar-refractivity contribution in [1.82, 2.24) is 9.78 Å². The lowest BCUT2D eigenvalue weighted by atomic mass is 10.1. The SMILES string of the molecule is CCCCC(N)Cc1ccn(C)n1. The van der Waals surface area contributed by atoms with E-state index in [1.807, 2.05) is 24.0 Å². The van der Waals surface area contributed by atoms with Gasteiger partial charge in [-0.15, -0.1) is 0 Å². The van der Waals surface area contributed by atoms with E-state index in [-0.39, 0.29) is 6.04 Å². The Hall–Kier alpha value is -0.830. The number of nitrogens with two attached hydrogens (primary N) is 1. The van der Waals surface area contributed by atoms with E-state index in [0.29, 0.717) is 0 Å². The van der Waals surface area contributed by atoms with Gasteiger partial charge in [0.05, 0.1) is 5.69 Å². The van der Waals surface area contributed by atoms with Gasteiger partial charge in [-0.05, 0) is 12.5 Å². The van der Waals surface area contributed by atoms with E-state index in [1.165, 1.54) is 12.8 Å². The average Bonchev–Trinajstić information content (AvgIpc) is 2.48. The molecule has 0 aliphatic carbocycles. The molecule has 1 rings (SSSR count). The third kappa shape index (κ3) is 3.59. The first-order valence-electron chi connectivity index (χ1n) is 4.96. The highest BCUT2D eigenvalue weighted by Crippen LogP contribution is 2.04. The summed E-state index contributed by atoms with van der Waals surface area (Å²) < 4.78 is 1.82. The van der Waals surface area contributed by atoms with Crippen molar-refractivity contribution in [3.05, 3.63) is 18.0 Å². The summed E-state index contributed by atoms with van der Waals surface area (Å²) in [5.41, 5.74) is 7.05. The summed E-state index contributed by atoms with van der Waals surface area (Å²) in [6.07, 6.45) is 6.40. The van der Waals surface area contributed by atoms with E-state index in [1.54, 1.807) is 0 Å². The Bertz CT molecular complexity index is 242. The first kappa shape index (κ1) is 10.3. The van der Waals surface area contributed by atoms with Crippen molar-refractivity contribution < 1.29 is 0 Å². The normalized spacial score (nSPS) is 13.2. The van der Waals surface area contributed by atoms with Crippen LogP contribution in [-0.2, 0) is 13.5 Å². The lowest BCUT2D eigenvalue weighted by molar-refractivity contribution is 0.563. The Morgan fingerprint density at radius 3 is 2.92 bits per heavy atom. The molecule has 1 atom stereocenters. The molecular weight excluding hydrogens is 162 g/mol. The number of aromatic nitrogens is 2. The van der Waals surface area contributed by atoms with Crippen LogP contribution in [0.5, 0.6) is 0 Å². The zero-order chi connectivity index (χ0) is 9.68. The van der Waals surface area contributed by atoms with Crippen LogP contribution in [-0.4, -0.2) is 15.8 Å². The summed E-state index contributed by atoms with van der Waals surface area (Å²) in [7, 11) is 1.93. The number of nitrogens with zero attached hydrogens (tertiary/aromatic N) is 2. The van der Waals surface area contributed by atoms with Gasteiger partial charge in [0.2, 0.25) is 0 Å². The molecule has 0 aliphatic heterocycles. The second kappa shape index (κ2) is 5.02. The zero-order valence-electron chi connectivity index (χ0n) is 8.53. The minimum absolute atomic E-state index is 0.273. The average molecular weight is 181 g/mol. The Morgan fingerprint density at radius 2 is 2.38 bits per heavy atom. The number of aryl methyl sites for hydroxylation is 1. The van der Waals surface area contributed by atoms with E-state index in [2.05, 4.69) is 12.0 Å². The van der Waals surface area contributed by atoms with Crippen LogP contribution in [0.3, 0.4) is 0 Å². The Morgan fingerprint density at radius 1 is 1.62 bits per heavy atom. The number of rotatable bonds is 5. The van der Waals surface area contributed by atoms with Crippen LogP contribution < -0.4 is 5.73 Å². The molecule has 1 heterocycles. The minimum atomic E-state index is 0.273. The molecule has 0 bridgehead atoms. The maximum Gasteiger partial charge on any atom is 0.0639 e. The van der Waals surface area contributed by atoms with Crippen molar-refractivity contribution in [2.75, 3.05) is 0 Å². The summed E-state index contributed by atoms with van der Waals surface area (Å²) in [6, 6.07) is 2.31. The van der Waals surface area contributed by atoms with Crippen LogP contribution in [0.2, 0.25) is 0 Å². The Labute approximate surface area is 79.9 Å². The highest BCUT2D eigenvalue weighted by atomic mass is 15.2. The van der Waals surface area contributed by atoms with Crippen molar-refractivity contribution >= 4 is 0 Å². The van der Waals surface area contributed by atoms with Crippen molar-refractivity contribution in [2.45, 2.75) is 38.6 Å². The van der Waals surface area contributed by atoms with E-state index in [0.717, 1.165) is 18.5 Å². The van der Waals surface area contributed by atoms with Crippen molar-refractivity contribution in [3.8, 4) is 0 Å². The van der Waals surface area contributed by atoms with Crippen LogP contribution in [0, 0.1) is 0 Å². The van der Waals surface area contributed by atoms with Gasteiger partial charge >= 0.3 is 0 Å². The van der Waals surface area contributed by atoms with Gasteiger partial charge in [-0.2, -0.15) is 5.10 Å². The van der Waals surface area contributed by atoms with Crippen molar-refractivity contribution in [3.63, 3.8) is 0 Å². The molecule has 0 fully saturated rings. The summed E-state index contributed by atoms with van der Waals surface area (Å²) in [4.78, 5) is 0. The molecule has 74 valence electrons. The van der Waals surface area contributed by atoms with E-state index in [4.69, 9.17) is 5.73 Å². The van der Waals surface area contributed by atoms with Gasteiger partial charge < -0.3 is 5.73 Å². The molecule has 1 aromatic heterocycles. The van der Waals surface area contributed by atoms with Gasteiger partial charge in [0.15, 0.2) is 0 Å². The van der Waals surface area contributed by atoms with Crippen LogP contribution in [0.25, 0.3) is 0 Å². The van der Waals surface area contributed by atoms with E-state index in [9.17, 15) is 0 Å². The Kier molecular flexibility index (Phi) is 3.96. The van der Waals surface area contributed by atoms with Crippen molar-refractivity contribution in [2.24, 2.45) is 12.8 Å². The minimum Gasteiger partial charge on any atom is -0.327 e. The lowest BCUT2D eigenvalue weighted by Gasteiger charge is -2.08. The van der Waals surface area contributed by atoms with Gasteiger partial charge in [0.1, 0.15) is 0 Å². The van der Waals surface area contributed by atoms with Gasteiger partial charge in [-0.1, -0.05) is 19.8 Å². The third-order valence-corrected chi connectivity index (χ3v) is 2.17. The zero-order valence-corrected chi connectivity index (χ0v) is 8.53. The molecule has 3 nitrogen and oxygen atoms in total. The first-order valence-corrected chi connectivity index (χ1v) is 4.96. The van der Waals surface area contributed by atoms with E-state index < -0.39 is 0 Å². The molecule has 0 amide bonds. The fourth-order valence-corrected chi connectivity index (χ4v) is 1.41. The predicted molar refractivity (Wildman–Crippen MR) is 54.4 cm³/mol. The van der Waals surface area contributed by atoms with Gasteiger partial charge in [0, 0.05) is 25.7 Å². The number of hydrogen-bond donors (Lipinski definition) is 1. The first-order chi connectivity index (χ1) is 6.22. The quantitative estimate of drug-likeness (QED) is 0.747. The highest BCUT2D eigenvalue weighted by Gasteiger charge is 2.05. The van der Waals surface area contributed by atoms with Crippen LogP contribution in [0.1, 0.15) is 31.9 Å². The predicted octanol–water partition coefficient (Wildman–Crippen LogP) is 1.48. The largest absolute Gasteiger partial charge is 0.327 e. The lowest BCUT2D eigenvalue weighted by Crippen LogP contribution is -2.22. The molecule has 1 unspecified atom stereocenters. The van der Waals surface area contributed by atoms with Crippen molar-refractivity contribution in [1.29, 1.82) is 0 Å². The second-order valence-electron chi connectivity index (χ2n) is 3.59. The third-order valence-electron chi connectivity index (χ3n) is 2.17. The smallest absolute Gasteiger partial charge is 0.0639 e. The highest BCUT2D eigenvalue weighted by molar-refractivity contribution is 5.00. The van der Waals surface area contributed by atoms with Crippen LogP contribution in [0.15, 0.2) is 12.3 Å².